The van der Waals surface area contributed by atoms with Crippen molar-refractivity contribution in [2.75, 3.05) is 13.1 Å². The van der Waals surface area contributed by atoms with E-state index in [1.54, 1.807) is 6.20 Å². The van der Waals surface area contributed by atoms with Crippen LogP contribution in [-0.2, 0) is 13.2 Å². The van der Waals surface area contributed by atoms with Crippen LogP contribution in [0.4, 0.5) is 0 Å². The van der Waals surface area contributed by atoms with E-state index in [2.05, 4.69) is 46.3 Å². The first kappa shape index (κ1) is 20.2. The summed E-state index contributed by atoms with van der Waals surface area (Å²) < 4.78 is 6.07. The molecule has 0 spiro atoms. The predicted molar refractivity (Wildman–Crippen MR) is 121 cm³/mol. The van der Waals surface area contributed by atoms with Crippen LogP contribution in [-0.4, -0.2) is 23.0 Å². The van der Waals surface area contributed by atoms with Gasteiger partial charge in [0.05, 0.1) is 0 Å². The van der Waals surface area contributed by atoms with Crippen LogP contribution in [0.25, 0.3) is 6.08 Å². The van der Waals surface area contributed by atoms with Gasteiger partial charge in [-0.05, 0) is 49.5 Å². The van der Waals surface area contributed by atoms with E-state index >= 15 is 0 Å². The van der Waals surface area contributed by atoms with E-state index in [1.807, 2.05) is 42.5 Å². The molecule has 4 rings (SSSR count). The number of rotatable bonds is 7. The highest BCUT2D eigenvalue weighted by Gasteiger charge is 2.18. The summed E-state index contributed by atoms with van der Waals surface area (Å²) in [6.45, 7) is 3.32. The summed E-state index contributed by atoms with van der Waals surface area (Å²) in [7, 11) is 0. The Morgan fingerprint density at radius 1 is 0.967 bits per heavy atom. The number of likely N-dealkylation sites (tertiary alicyclic amines) is 1. The Bertz CT molecular complexity index is 1020. The maximum Gasteiger partial charge on any atom is 0.252 e. The molecule has 0 atom stereocenters. The zero-order valence-corrected chi connectivity index (χ0v) is 17.2. The number of H-pyrrole nitrogens is 1. The van der Waals surface area contributed by atoms with E-state index in [0.717, 1.165) is 49.4 Å². The van der Waals surface area contributed by atoms with E-state index in [-0.39, 0.29) is 5.56 Å². The maximum atomic E-state index is 11.9. The Labute approximate surface area is 177 Å². The van der Waals surface area contributed by atoms with Crippen molar-refractivity contribution in [1.82, 2.24) is 9.88 Å². The van der Waals surface area contributed by atoms with Crippen molar-refractivity contribution < 1.29 is 4.74 Å². The number of hydrogen-bond acceptors (Lipinski definition) is 3. The number of piperidine rings is 1. The Hall–Kier alpha value is -3.11. The second kappa shape index (κ2) is 10.1. The first-order valence-electron chi connectivity index (χ1n) is 10.6. The molecular weight excluding hydrogens is 372 g/mol. The summed E-state index contributed by atoms with van der Waals surface area (Å²) >= 11 is 0. The standard InChI is InChI=1S/C26H28N2O2/c29-26-24(10-6-16-27-26)19-28-17-14-21(15-18-28)12-13-23-9-4-5-11-25(23)30-20-22-7-2-1-3-8-22/h1-13,16,21H,14-15,17-20H2,(H,27,29)/b13-12+. The van der Waals surface area contributed by atoms with Crippen LogP contribution in [0.2, 0.25) is 0 Å². The van der Waals surface area contributed by atoms with Crippen LogP contribution in [0.3, 0.4) is 0 Å². The highest BCUT2D eigenvalue weighted by molar-refractivity contribution is 5.57. The zero-order chi connectivity index (χ0) is 20.6. The minimum atomic E-state index is 0.0200. The van der Waals surface area contributed by atoms with E-state index < -0.39 is 0 Å². The van der Waals surface area contributed by atoms with Crippen molar-refractivity contribution in [2.24, 2.45) is 5.92 Å². The molecule has 1 aromatic heterocycles. The third-order valence-corrected chi connectivity index (χ3v) is 5.63. The summed E-state index contributed by atoms with van der Waals surface area (Å²) in [5, 5.41) is 0. The number of nitrogens with zero attached hydrogens (tertiary/aromatic N) is 1. The molecule has 3 aromatic rings. The molecule has 154 valence electrons. The smallest absolute Gasteiger partial charge is 0.252 e. The van der Waals surface area contributed by atoms with Crippen molar-refractivity contribution >= 4 is 6.08 Å². The van der Waals surface area contributed by atoms with Gasteiger partial charge in [-0.15, -0.1) is 0 Å². The fourth-order valence-electron chi connectivity index (χ4n) is 3.85. The lowest BCUT2D eigenvalue weighted by Gasteiger charge is -2.30. The SMILES string of the molecule is O=c1[nH]cccc1CN1CCC(/C=C/c2ccccc2OCc2ccccc2)CC1. The predicted octanol–water partition coefficient (Wildman–Crippen LogP) is 4.88. The molecule has 0 radical (unpaired) electrons. The van der Waals surface area contributed by atoms with Crippen LogP contribution in [0.5, 0.6) is 5.75 Å². The number of pyridine rings is 1. The molecule has 1 aliphatic heterocycles. The minimum Gasteiger partial charge on any atom is -0.488 e. The van der Waals surface area contributed by atoms with Crippen LogP contribution in [0.1, 0.15) is 29.5 Å². The largest absolute Gasteiger partial charge is 0.488 e. The van der Waals surface area contributed by atoms with Crippen molar-refractivity contribution in [1.29, 1.82) is 0 Å². The van der Waals surface area contributed by atoms with Gasteiger partial charge in [0.1, 0.15) is 12.4 Å². The molecule has 0 aliphatic carbocycles. The van der Waals surface area contributed by atoms with E-state index in [0.29, 0.717) is 12.5 Å². The summed E-state index contributed by atoms with van der Waals surface area (Å²) in [5.41, 5.74) is 3.15. The molecule has 0 saturated carbocycles. The molecule has 30 heavy (non-hydrogen) atoms. The Kier molecular flexibility index (Phi) is 6.78. The number of aromatic amines is 1. The summed E-state index contributed by atoms with van der Waals surface area (Å²) in [4.78, 5) is 17.0. The molecule has 1 fully saturated rings. The Morgan fingerprint density at radius 2 is 1.73 bits per heavy atom. The lowest BCUT2D eigenvalue weighted by Crippen LogP contribution is -2.34. The van der Waals surface area contributed by atoms with E-state index in [9.17, 15) is 4.79 Å². The Morgan fingerprint density at radius 3 is 2.53 bits per heavy atom. The molecule has 2 heterocycles. The van der Waals surface area contributed by atoms with E-state index in [1.165, 1.54) is 5.56 Å². The third-order valence-electron chi connectivity index (χ3n) is 5.63. The van der Waals surface area contributed by atoms with Gasteiger partial charge in [-0.1, -0.05) is 66.7 Å². The number of allylic oxidation sites excluding steroid dienone is 1. The fraction of sp³-hybridized carbons (Fsp3) is 0.269. The van der Waals surface area contributed by atoms with E-state index in [4.69, 9.17) is 4.74 Å². The van der Waals surface area contributed by atoms with Crippen molar-refractivity contribution in [3.8, 4) is 5.75 Å². The molecule has 4 heteroatoms. The first-order valence-corrected chi connectivity index (χ1v) is 10.6. The molecule has 2 aromatic carbocycles. The van der Waals surface area contributed by atoms with Crippen LogP contribution in [0, 0.1) is 5.92 Å². The number of ether oxygens (including phenoxy) is 1. The Balaban J connectivity index is 1.31. The van der Waals surface area contributed by atoms with Gasteiger partial charge in [0.15, 0.2) is 0 Å². The summed E-state index contributed by atoms with van der Waals surface area (Å²) in [6, 6.07) is 22.2. The number of hydrogen-bond donors (Lipinski definition) is 1. The fourth-order valence-corrected chi connectivity index (χ4v) is 3.85. The molecule has 0 bridgehead atoms. The average molecular weight is 401 g/mol. The first-order chi connectivity index (χ1) is 14.8. The number of nitrogens with one attached hydrogen (secondary N) is 1. The van der Waals surface area contributed by atoms with Crippen molar-refractivity contribution in [3.63, 3.8) is 0 Å². The molecule has 1 saturated heterocycles. The average Bonchev–Trinajstić information content (AvgIpc) is 2.80. The normalized spacial score (nSPS) is 15.5. The van der Waals surface area contributed by atoms with Gasteiger partial charge < -0.3 is 9.72 Å². The van der Waals surface area contributed by atoms with Gasteiger partial charge in [-0.2, -0.15) is 0 Å². The minimum absolute atomic E-state index is 0.0200. The lowest BCUT2D eigenvalue weighted by molar-refractivity contribution is 0.195. The maximum absolute atomic E-state index is 11.9. The van der Waals surface area contributed by atoms with Gasteiger partial charge in [-0.25, -0.2) is 0 Å². The monoisotopic (exact) mass is 400 g/mol. The molecule has 1 N–H and O–H groups in total. The molecule has 1 aliphatic rings. The van der Waals surface area contributed by atoms with Crippen molar-refractivity contribution in [3.05, 3.63) is 106 Å². The molecule has 4 nitrogen and oxygen atoms in total. The van der Waals surface area contributed by atoms with Crippen LogP contribution in [0.15, 0.2) is 83.8 Å². The van der Waals surface area contributed by atoms with Gasteiger partial charge in [0.25, 0.3) is 5.56 Å². The third kappa shape index (κ3) is 5.49. The number of benzene rings is 2. The highest BCUT2D eigenvalue weighted by atomic mass is 16.5. The number of para-hydroxylation sites is 1. The second-order valence-electron chi connectivity index (χ2n) is 7.81. The quantitative estimate of drug-likeness (QED) is 0.615. The summed E-state index contributed by atoms with van der Waals surface area (Å²) in [6.07, 6.45) is 8.41. The summed E-state index contributed by atoms with van der Waals surface area (Å²) in [5.74, 6) is 1.47. The van der Waals surface area contributed by atoms with Crippen LogP contribution >= 0.6 is 0 Å². The lowest BCUT2D eigenvalue weighted by atomic mass is 9.95. The van der Waals surface area contributed by atoms with Gasteiger partial charge in [0.2, 0.25) is 0 Å². The topological polar surface area (TPSA) is 45.3 Å². The zero-order valence-electron chi connectivity index (χ0n) is 17.2. The van der Waals surface area contributed by atoms with Crippen molar-refractivity contribution in [2.45, 2.75) is 26.0 Å². The molecule has 0 amide bonds. The van der Waals surface area contributed by atoms with Gasteiger partial charge >= 0.3 is 0 Å². The van der Waals surface area contributed by atoms with Crippen LogP contribution < -0.4 is 10.3 Å². The van der Waals surface area contributed by atoms with Gasteiger partial charge in [-0.3, -0.25) is 9.69 Å². The second-order valence-corrected chi connectivity index (χ2v) is 7.81. The highest BCUT2D eigenvalue weighted by Crippen LogP contribution is 2.24. The number of aromatic nitrogens is 1. The van der Waals surface area contributed by atoms with Gasteiger partial charge in [0, 0.05) is 23.9 Å². The molecule has 0 unspecified atom stereocenters. The molecular formula is C26H28N2O2.